The van der Waals surface area contributed by atoms with Gasteiger partial charge in [-0.25, -0.2) is 0 Å². The van der Waals surface area contributed by atoms with E-state index in [1.54, 1.807) is 0 Å². The van der Waals surface area contributed by atoms with Crippen molar-refractivity contribution in [1.82, 2.24) is 5.01 Å². The number of benzene rings is 2. The number of amides is 1. The van der Waals surface area contributed by atoms with Crippen LogP contribution in [0, 0.1) is 0 Å². The monoisotopic (exact) mass is 398 g/mol. The lowest BCUT2D eigenvalue weighted by Crippen LogP contribution is -2.56. The molecule has 1 amide bonds. The number of hydrogen-bond donors (Lipinski definition) is 1. The van der Waals surface area contributed by atoms with Gasteiger partial charge in [0.05, 0.1) is 19.2 Å². The van der Waals surface area contributed by atoms with Gasteiger partial charge in [-0.15, -0.1) is 0 Å². The van der Waals surface area contributed by atoms with Crippen LogP contribution in [-0.4, -0.2) is 40.7 Å². The first-order valence-corrected chi connectivity index (χ1v) is 8.14. The van der Waals surface area contributed by atoms with E-state index in [1.807, 2.05) is 0 Å². The van der Waals surface area contributed by atoms with E-state index in [1.165, 1.54) is 55.6 Å². The van der Waals surface area contributed by atoms with Gasteiger partial charge >= 0.3 is 6.18 Å². The number of rotatable bonds is 3. The highest BCUT2D eigenvalue weighted by atomic mass is 35.5. The highest BCUT2D eigenvalue weighted by Gasteiger charge is 2.63. The topological polar surface area (TPSA) is 62.1 Å². The van der Waals surface area contributed by atoms with E-state index in [2.05, 4.69) is 5.10 Å². The number of alkyl halides is 3. The number of nitrogens with zero attached hydrogens (tertiary/aromatic N) is 2. The number of carbonyl (C=O) groups is 1. The van der Waals surface area contributed by atoms with Crippen molar-refractivity contribution < 1.29 is 27.8 Å². The Balaban J connectivity index is 2.01. The third-order valence-corrected chi connectivity index (χ3v) is 4.40. The van der Waals surface area contributed by atoms with Gasteiger partial charge in [-0.1, -0.05) is 23.7 Å². The molecule has 9 heteroatoms. The molecule has 0 bridgehead atoms. The van der Waals surface area contributed by atoms with E-state index in [4.69, 9.17) is 16.3 Å². The molecule has 0 aromatic heterocycles. The van der Waals surface area contributed by atoms with E-state index in [0.29, 0.717) is 16.3 Å². The van der Waals surface area contributed by atoms with Crippen LogP contribution in [0.15, 0.2) is 53.6 Å². The molecule has 1 atom stereocenters. The maximum Gasteiger partial charge on any atom is 0.438 e. The Morgan fingerprint density at radius 3 is 2.30 bits per heavy atom. The summed E-state index contributed by atoms with van der Waals surface area (Å²) >= 11 is 5.79. The van der Waals surface area contributed by atoms with Gasteiger partial charge in [0.25, 0.3) is 11.6 Å². The lowest BCUT2D eigenvalue weighted by molar-refractivity contribution is -0.297. The van der Waals surface area contributed by atoms with Gasteiger partial charge in [0.15, 0.2) is 0 Å². The molecule has 0 radical (unpaired) electrons. The van der Waals surface area contributed by atoms with Crippen LogP contribution in [0.3, 0.4) is 0 Å². The molecule has 1 aliphatic rings. The first kappa shape index (κ1) is 19.2. The Kier molecular flexibility index (Phi) is 4.88. The molecule has 1 heterocycles. The van der Waals surface area contributed by atoms with Crippen molar-refractivity contribution in [2.24, 2.45) is 5.10 Å². The number of hydrazone groups is 1. The predicted molar refractivity (Wildman–Crippen MR) is 92.8 cm³/mol. The first-order valence-electron chi connectivity index (χ1n) is 7.77. The van der Waals surface area contributed by atoms with Crippen LogP contribution in [0.1, 0.15) is 22.3 Å². The lowest BCUT2D eigenvalue weighted by Gasteiger charge is -2.32. The minimum absolute atomic E-state index is 0.0698. The van der Waals surface area contributed by atoms with Gasteiger partial charge in [-0.3, -0.25) is 4.79 Å². The van der Waals surface area contributed by atoms with Crippen LogP contribution in [0.5, 0.6) is 5.75 Å². The van der Waals surface area contributed by atoms with Crippen LogP contribution < -0.4 is 4.74 Å². The molecule has 142 valence electrons. The average molecular weight is 399 g/mol. The Morgan fingerprint density at radius 2 is 1.78 bits per heavy atom. The van der Waals surface area contributed by atoms with Crippen LogP contribution in [0.2, 0.25) is 5.02 Å². The molecular weight excluding hydrogens is 385 g/mol. The molecule has 3 rings (SSSR count). The summed E-state index contributed by atoms with van der Waals surface area (Å²) in [6.45, 7) is 0. The van der Waals surface area contributed by atoms with Crippen molar-refractivity contribution in [3.05, 3.63) is 64.7 Å². The number of hydrogen-bond acceptors (Lipinski definition) is 4. The maximum atomic E-state index is 13.6. The SMILES string of the molecule is COc1ccc(C(=O)N2N=C(c3ccc(Cl)cc3)CC2(O)C(F)(F)F)cc1. The summed E-state index contributed by atoms with van der Waals surface area (Å²) in [7, 11) is 1.42. The summed E-state index contributed by atoms with van der Waals surface area (Å²) in [6, 6.07) is 11.4. The smallest absolute Gasteiger partial charge is 0.438 e. The number of halogens is 4. The average Bonchev–Trinajstić information content (AvgIpc) is 3.00. The molecule has 0 saturated heterocycles. The lowest BCUT2D eigenvalue weighted by atomic mass is 10.0. The van der Waals surface area contributed by atoms with Crippen molar-refractivity contribution in [3.63, 3.8) is 0 Å². The number of carbonyl (C=O) groups excluding carboxylic acids is 1. The first-order chi connectivity index (χ1) is 12.7. The number of methoxy groups -OCH3 is 1. The molecule has 0 fully saturated rings. The Labute approximate surface area is 157 Å². The summed E-state index contributed by atoms with van der Waals surface area (Å²) in [5.74, 6) is -0.647. The Hall–Kier alpha value is -2.58. The van der Waals surface area contributed by atoms with Crippen LogP contribution >= 0.6 is 11.6 Å². The molecule has 0 aliphatic carbocycles. The van der Waals surface area contributed by atoms with E-state index < -0.39 is 24.2 Å². The van der Waals surface area contributed by atoms with Crippen LogP contribution in [0.4, 0.5) is 13.2 Å². The quantitative estimate of drug-likeness (QED) is 0.854. The fourth-order valence-electron chi connectivity index (χ4n) is 2.64. The van der Waals surface area contributed by atoms with Gasteiger partial charge in [-0.2, -0.15) is 23.3 Å². The van der Waals surface area contributed by atoms with E-state index >= 15 is 0 Å². The fourth-order valence-corrected chi connectivity index (χ4v) is 2.76. The zero-order valence-electron chi connectivity index (χ0n) is 14.0. The van der Waals surface area contributed by atoms with Gasteiger partial charge in [0.2, 0.25) is 0 Å². The normalized spacial score (nSPS) is 19.8. The second-order valence-electron chi connectivity index (χ2n) is 5.89. The van der Waals surface area contributed by atoms with Gasteiger partial charge in [0, 0.05) is 10.6 Å². The molecule has 27 heavy (non-hydrogen) atoms. The highest BCUT2D eigenvalue weighted by Crippen LogP contribution is 2.42. The van der Waals surface area contributed by atoms with Gasteiger partial charge in [0.1, 0.15) is 5.75 Å². The number of aliphatic hydroxyl groups is 1. The minimum atomic E-state index is -5.10. The predicted octanol–water partition coefficient (Wildman–Crippen LogP) is 3.85. The fraction of sp³-hybridized carbons (Fsp3) is 0.222. The summed E-state index contributed by atoms with van der Waals surface area (Å²) in [6.07, 6.45) is -5.99. The maximum absolute atomic E-state index is 13.6. The Bertz CT molecular complexity index is 882. The third kappa shape index (κ3) is 3.50. The van der Waals surface area contributed by atoms with Crippen molar-refractivity contribution in [2.75, 3.05) is 7.11 Å². The molecule has 1 unspecified atom stereocenters. The highest BCUT2D eigenvalue weighted by molar-refractivity contribution is 6.30. The van der Waals surface area contributed by atoms with E-state index in [-0.39, 0.29) is 16.3 Å². The molecule has 0 spiro atoms. The van der Waals surface area contributed by atoms with Gasteiger partial charge < -0.3 is 9.84 Å². The molecule has 5 nitrogen and oxygen atoms in total. The number of ether oxygens (including phenoxy) is 1. The second kappa shape index (κ2) is 6.86. The van der Waals surface area contributed by atoms with E-state index in [9.17, 15) is 23.1 Å². The van der Waals surface area contributed by atoms with Crippen LogP contribution in [-0.2, 0) is 0 Å². The summed E-state index contributed by atoms with van der Waals surface area (Å²) in [5, 5.41) is 14.6. The zero-order chi connectivity index (χ0) is 19.8. The molecule has 2 aromatic carbocycles. The van der Waals surface area contributed by atoms with E-state index in [0.717, 1.165) is 0 Å². The van der Waals surface area contributed by atoms with Crippen molar-refractivity contribution in [3.8, 4) is 5.75 Å². The third-order valence-electron chi connectivity index (χ3n) is 4.15. The largest absolute Gasteiger partial charge is 0.497 e. The van der Waals surface area contributed by atoms with Crippen molar-refractivity contribution in [1.29, 1.82) is 0 Å². The summed E-state index contributed by atoms with van der Waals surface area (Å²) < 4.78 is 45.7. The molecule has 0 saturated carbocycles. The molecule has 2 aromatic rings. The van der Waals surface area contributed by atoms with Crippen molar-refractivity contribution in [2.45, 2.75) is 18.3 Å². The second-order valence-corrected chi connectivity index (χ2v) is 6.33. The summed E-state index contributed by atoms with van der Waals surface area (Å²) in [4.78, 5) is 12.6. The Morgan fingerprint density at radius 1 is 1.19 bits per heavy atom. The minimum Gasteiger partial charge on any atom is -0.497 e. The van der Waals surface area contributed by atoms with Crippen molar-refractivity contribution >= 4 is 23.2 Å². The molecule has 1 N–H and O–H groups in total. The molecule has 1 aliphatic heterocycles. The van der Waals surface area contributed by atoms with Gasteiger partial charge in [-0.05, 0) is 42.0 Å². The summed E-state index contributed by atoms with van der Waals surface area (Å²) in [5.41, 5.74) is -3.26. The standard InChI is InChI=1S/C18H14ClF3N2O3/c1-27-14-8-4-12(5-9-14)16(25)24-17(26,18(20,21)22)10-15(23-24)11-2-6-13(19)7-3-11/h2-9,26H,10H2,1H3. The molecular formula is C18H14ClF3N2O3. The zero-order valence-corrected chi connectivity index (χ0v) is 14.8. The van der Waals surface area contributed by atoms with Crippen LogP contribution in [0.25, 0.3) is 0 Å².